The molecule has 1 saturated carbocycles. The molecule has 3 heterocycles. The minimum Gasteiger partial charge on any atom is -0.497 e. The van der Waals surface area contributed by atoms with Gasteiger partial charge in [0.05, 0.1) is 37.7 Å². The molecule has 0 radical (unpaired) electrons. The molecule has 0 amide bonds. The van der Waals surface area contributed by atoms with Gasteiger partial charge in [0.1, 0.15) is 12.4 Å². The number of fused-ring (bicyclic) bond motifs is 3. The van der Waals surface area contributed by atoms with Gasteiger partial charge < -0.3 is 19.5 Å². The molecule has 1 saturated heterocycles. The summed E-state index contributed by atoms with van der Waals surface area (Å²) < 4.78 is 11.4. The van der Waals surface area contributed by atoms with Crippen LogP contribution in [0.5, 0.6) is 11.5 Å². The van der Waals surface area contributed by atoms with Crippen molar-refractivity contribution in [2.24, 2.45) is 11.8 Å². The first-order valence-electron chi connectivity index (χ1n) is 13.4. The molecule has 6 heteroatoms. The first-order chi connectivity index (χ1) is 16.7. The third kappa shape index (κ3) is 5.28. The summed E-state index contributed by atoms with van der Waals surface area (Å²) in [4.78, 5) is 9.66. The van der Waals surface area contributed by atoms with Crippen molar-refractivity contribution in [3.8, 4) is 11.5 Å². The molecule has 6 nitrogen and oxygen atoms in total. The van der Waals surface area contributed by atoms with Crippen LogP contribution in [0.3, 0.4) is 0 Å². The molecule has 2 aliphatic heterocycles. The van der Waals surface area contributed by atoms with Gasteiger partial charge in [0, 0.05) is 18.0 Å². The highest BCUT2D eigenvalue weighted by molar-refractivity contribution is 5.96. The molecule has 2 fully saturated rings. The van der Waals surface area contributed by atoms with Crippen LogP contribution in [-0.2, 0) is 0 Å². The van der Waals surface area contributed by atoms with Crippen LogP contribution in [0.4, 0.5) is 5.69 Å². The fraction of sp³-hybridized carbons (Fsp3) is 0.679. The third-order valence-corrected chi connectivity index (χ3v) is 8.46. The van der Waals surface area contributed by atoms with Crippen molar-refractivity contribution in [2.45, 2.75) is 63.8 Å². The number of likely N-dealkylation sites (tertiary alicyclic amines) is 1. The second-order valence-electron chi connectivity index (χ2n) is 10.5. The molecule has 186 valence electrons. The largest absolute Gasteiger partial charge is 0.497 e. The number of aliphatic hydroxyl groups is 1. The molecule has 0 unspecified atom stereocenters. The Morgan fingerprint density at radius 1 is 1.06 bits per heavy atom. The normalized spacial score (nSPS) is 24.1. The Labute approximate surface area is 204 Å². The fourth-order valence-corrected chi connectivity index (χ4v) is 6.39. The summed E-state index contributed by atoms with van der Waals surface area (Å²) in [5.41, 5.74) is 2.13. The molecule has 0 bridgehead atoms. The van der Waals surface area contributed by atoms with Gasteiger partial charge in [-0.15, -0.1) is 0 Å². The molecule has 2 atom stereocenters. The zero-order valence-corrected chi connectivity index (χ0v) is 20.8. The summed E-state index contributed by atoms with van der Waals surface area (Å²) in [7, 11) is 1.71. The summed E-state index contributed by atoms with van der Waals surface area (Å²) in [5, 5.41) is 11.2. The van der Waals surface area contributed by atoms with E-state index >= 15 is 0 Å². The number of hydrogen-bond donors (Lipinski definition) is 1. The molecule has 1 N–H and O–H groups in total. The maximum atomic E-state index is 10.1. The Bertz CT molecular complexity index is 941. The van der Waals surface area contributed by atoms with Gasteiger partial charge in [-0.1, -0.05) is 32.1 Å². The van der Waals surface area contributed by atoms with E-state index in [9.17, 15) is 5.11 Å². The van der Waals surface area contributed by atoms with Gasteiger partial charge in [0.25, 0.3) is 0 Å². The van der Waals surface area contributed by atoms with Gasteiger partial charge in [-0.25, -0.2) is 0 Å². The third-order valence-electron chi connectivity index (χ3n) is 8.46. The van der Waals surface area contributed by atoms with Crippen LogP contribution in [0.2, 0.25) is 0 Å². The van der Waals surface area contributed by atoms with Crippen LogP contribution in [0.15, 0.2) is 24.4 Å². The topological polar surface area (TPSA) is 58.1 Å². The molecule has 34 heavy (non-hydrogen) atoms. The quantitative estimate of drug-likeness (QED) is 0.597. The van der Waals surface area contributed by atoms with Gasteiger partial charge >= 0.3 is 0 Å². The summed E-state index contributed by atoms with van der Waals surface area (Å²) >= 11 is 0. The molecule has 1 aliphatic carbocycles. The molecule has 2 aromatic rings. The summed E-state index contributed by atoms with van der Waals surface area (Å²) in [5.74, 6) is 3.30. The minimum atomic E-state index is 0.289. The standard InChI is InChI=1S/C28H41N3O3/c1-33-24-7-8-26-25(18-24)28-27(19-29-26)34-16-15-31(28)14-11-22-10-13-30(23(17-22)20-32)12-9-21-5-3-2-4-6-21/h7-8,18-19,21-23,32H,2-6,9-17,20H2,1H3/t22-,23+/m1/s1. The Balaban J connectivity index is 1.20. The Morgan fingerprint density at radius 3 is 2.74 bits per heavy atom. The van der Waals surface area contributed by atoms with Crippen LogP contribution in [0.1, 0.15) is 57.8 Å². The van der Waals surface area contributed by atoms with Crippen molar-refractivity contribution in [1.29, 1.82) is 0 Å². The molecule has 5 rings (SSSR count). The zero-order valence-electron chi connectivity index (χ0n) is 20.8. The number of benzene rings is 1. The number of hydrogen-bond acceptors (Lipinski definition) is 6. The lowest BCUT2D eigenvalue weighted by atomic mass is 9.85. The van der Waals surface area contributed by atoms with Crippen LogP contribution in [-0.4, -0.2) is 67.5 Å². The average molecular weight is 468 g/mol. The highest BCUT2D eigenvalue weighted by Crippen LogP contribution is 2.39. The zero-order chi connectivity index (χ0) is 23.3. The smallest absolute Gasteiger partial charge is 0.161 e. The lowest BCUT2D eigenvalue weighted by Crippen LogP contribution is -2.46. The number of nitrogens with zero attached hydrogens (tertiary/aromatic N) is 3. The lowest BCUT2D eigenvalue weighted by Gasteiger charge is -2.40. The van der Waals surface area contributed by atoms with Gasteiger partial charge in [-0.3, -0.25) is 9.88 Å². The second-order valence-corrected chi connectivity index (χ2v) is 10.5. The van der Waals surface area contributed by atoms with Gasteiger partial charge in [0.15, 0.2) is 5.75 Å². The first kappa shape index (κ1) is 23.7. The van der Waals surface area contributed by atoms with Crippen molar-refractivity contribution >= 4 is 16.6 Å². The van der Waals surface area contributed by atoms with E-state index in [1.165, 1.54) is 51.5 Å². The number of pyridine rings is 1. The van der Waals surface area contributed by atoms with Crippen molar-refractivity contribution < 1.29 is 14.6 Å². The van der Waals surface area contributed by atoms with Gasteiger partial charge in [-0.05, 0) is 68.8 Å². The van der Waals surface area contributed by atoms with Crippen molar-refractivity contribution in [1.82, 2.24) is 9.88 Å². The predicted octanol–water partition coefficient (Wildman–Crippen LogP) is 4.88. The van der Waals surface area contributed by atoms with E-state index < -0.39 is 0 Å². The van der Waals surface area contributed by atoms with Crippen LogP contribution < -0.4 is 14.4 Å². The fourth-order valence-electron chi connectivity index (χ4n) is 6.39. The number of aliphatic hydroxyl groups excluding tert-OH is 1. The van der Waals surface area contributed by atoms with Crippen molar-refractivity contribution in [3.05, 3.63) is 24.4 Å². The number of aromatic nitrogens is 1. The highest BCUT2D eigenvalue weighted by atomic mass is 16.5. The van der Waals surface area contributed by atoms with E-state index in [1.54, 1.807) is 7.11 Å². The Morgan fingerprint density at radius 2 is 1.91 bits per heavy atom. The van der Waals surface area contributed by atoms with Crippen LogP contribution in [0.25, 0.3) is 10.9 Å². The highest BCUT2D eigenvalue weighted by Gasteiger charge is 2.30. The number of anilines is 1. The van der Waals surface area contributed by atoms with Crippen LogP contribution in [0, 0.1) is 11.8 Å². The van der Waals surface area contributed by atoms with Crippen molar-refractivity contribution in [3.63, 3.8) is 0 Å². The van der Waals surface area contributed by atoms with Crippen molar-refractivity contribution in [2.75, 3.05) is 51.4 Å². The lowest BCUT2D eigenvalue weighted by molar-refractivity contribution is 0.0573. The predicted molar refractivity (Wildman–Crippen MR) is 137 cm³/mol. The Kier molecular flexibility index (Phi) is 7.75. The summed E-state index contributed by atoms with van der Waals surface area (Å²) in [6.07, 6.45) is 13.8. The van der Waals surface area contributed by atoms with E-state index in [2.05, 4.69) is 20.9 Å². The van der Waals surface area contributed by atoms with E-state index in [1.807, 2.05) is 18.3 Å². The minimum absolute atomic E-state index is 0.289. The Hall–Kier alpha value is -2.05. The average Bonchev–Trinajstić information content (AvgIpc) is 2.90. The number of piperidine rings is 1. The number of ether oxygens (including phenoxy) is 2. The van der Waals surface area contributed by atoms with E-state index in [0.717, 1.165) is 66.5 Å². The molecule has 1 aromatic heterocycles. The maximum absolute atomic E-state index is 10.1. The van der Waals surface area contributed by atoms with E-state index in [0.29, 0.717) is 18.6 Å². The molecule has 1 aromatic carbocycles. The SMILES string of the molecule is COc1ccc2ncc3c(c2c1)N(CC[C@H]1CCN(CCC2CCCCC2)[C@H](CO)C1)CCO3. The monoisotopic (exact) mass is 467 g/mol. The maximum Gasteiger partial charge on any atom is 0.161 e. The van der Waals surface area contributed by atoms with Gasteiger partial charge in [-0.2, -0.15) is 0 Å². The molecular weight excluding hydrogens is 426 g/mol. The summed E-state index contributed by atoms with van der Waals surface area (Å²) in [6.45, 7) is 5.19. The molecular formula is C28H41N3O3. The first-order valence-corrected chi connectivity index (χ1v) is 13.4. The number of rotatable bonds is 8. The second kappa shape index (κ2) is 11.1. The summed E-state index contributed by atoms with van der Waals surface area (Å²) in [6, 6.07) is 6.40. The van der Waals surface area contributed by atoms with E-state index in [4.69, 9.17) is 9.47 Å². The van der Waals surface area contributed by atoms with Crippen LogP contribution >= 0.6 is 0 Å². The molecule has 3 aliphatic rings. The van der Waals surface area contributed by atoms with Gasteiger partial charge in [0.2, 0.25) is 0 Å². The molecule has 0 spiro atoms. The van der Waals surface area contributed by atoms with E-state index in [-0.39, 0.29) is 6.61 Å². The number of methoxy groups -OCH3 is 1.